The summed E-state index contributed by atoms with van der Waals surface area (Å²) in [6.45, 7) is 7.17. The number of oxazole rings is 1. The van der Waals surface area contributed by atoms with Gasteiger partial charge in [0.25, 0.3) is 5.91 Å². The van der Waals surface area contributed by atoms with Crippen LogP contribution in [0.25, 0.3) is 0 Å². The quantitative estimate of drug-likeness (QED) is 0.437. The Bertz CT molecular complexity index is 1120. The monoisotopic (exact) mass is 475 g/mol. The average molecular weight is 476 g/mol. The van der Waals surface area contributed by atoms with Crippen LogP contribution in [0.5, 0.6) is 0 Å². The first-order valence-electron chi connectivity index (χ1n) is 12.1. The molecule has 1 aromatic heterocycles. The van der Waals surface area contributed by atoms with Crippen LogP contribution in [0.15, 0.2) is 65.4 Å². The molecule has 8 heteroatoms. The van der Waals surface area contributed by atoms with Gasteiger partial charge in [0.05, 0.1) is 5.69 Å². The number of hydrogen-bond donors (Lipinski definition) is 2. The van der Waals surface area contributed by atoms with Crippen LogP contribution in [-0.2, 0) is 6.42 Å². The minimum atomic E-state index is -0.407. The number of nitrogens with one attached hydrogen (secondary N) is 1. The molecule has 0 spiro atoms. The van der Waals surface area contributed by atoms with Crippen molar-refractivity contribution in [2.75, 3.05) is 44.2 Å². The lowest BCUT2D eigenvalue weighted by atomic mass is 9.97. The summed E-state index contributed by atoms with van der Waals surface area (Å²) >= 11 is 0. The second-order valence-corrected chi connectivity index (χ2v) is 9.01. The minimum absolute atomic E-state index is 0.0804. The summed E-state index contributed by atoms with van der Waals surface area (Å²) in [6.07, 6.45) is 3.00. The van der Waals surface area contributed by atoms with E-state index in [0.717, 1.165) is 51.3 Å². The van der Waals surface area contributed by atoms with Crippen LogP contribution in [-0.4, -0.2) is 61.0 Å². The Morgan fingerprint density at radius 3 is 2.60 bits per heavy atom. The summed E-state index contributed by atoms with van der Waals surface area (Å²) in [4.78, 5) is 33.1. The van der Waals surface area contributed by atoms with Crippen molar-refractivity contribution in [2.24, 2.45) is 5.73 Å². The molecule has 1 aliphatic heterocycles. The second kappa shape index (κ2) is 11.7. The summed E-state index contributed by atoms with van der Waals surface area (Å²) in [6, 6.07) is 17.6. The van der Waals surface area contributed by atoms with Gasteiger partial charge in [0.15, 0.2) is 6.39 Å². The molecule has 3 aromatic rings. The molecule has 1 fully saturated rings. The third-order valence-corrected chi connectivity index (χ3v) is 6.46. The summed E-state index contributed by atoms with van der Waals surface area (Å²) in [7, 11) is 0. The van der Waals surface area contributed by atoms with Crippen molar-refractivity contribution in [3.8, 4) is 0 Å². The van der Waals surface area contributed by atoms with E-state index in [1.165, 1.54) is 12.0 Å². The summed E-state index contributed by atoms with van der Waals surface area (Å²) < 4.78 is 5.44. The van der Waals surface area contributed by atoms with Crippen molar-refractivity contribution in [3.05, 3.63) is 83.6 Å². The maximum absolute atomic E-state index is 12.7. The Labute approximate surface area is 206 Å². The Kier molecular flexibility index (Phi) is 8.15. The van der Waals surface area contributed by atoms with Gasteiger partial charge in [-0.2, -0.15) is 0 Å². The van der Waals surface area contributed by atoms with Crippen molar-refractivity contribution < 1.29 is 14.0 Å². The zero-order valence-electron chi connectivity index (χ0n) is 20.2. The largest absolute Gasteiger partial charge is 0.438 e. The van der Waals surface area contributed by atoms with Crippen LogP contribution in [0.4, 0.5) is 5.69 Å². The number of aromatic nitrogens is 1. The topological polar surface area (TPSA) is 105 Å². The molecule has 8 nitrogen and oxygen atoms in total. The van der Waals surface area contributed by atoms with E-state index in [4.69, 9.17) is 10.2 Å². The normalized spacial score (nSPS) is 15.1. The van der Waals surface area contributed by atoms with Gasteiger partial charge in [0, 0.05) is 49.9 Å². The number of rotatable bonds is 10. The maximum Gasteiger partial charge on any atom is 0.289 e. The van der Waals surface area contributed by atoms with Crippen LogP contribution in [0.2, 0.25) is 0 Å². The number of benzene rings is 2. The highest BCUT2D eigenvalue weighted by Crippen LogP contribution is 2.23. The standard InChI is InChI=1S/C27H33N5O3/c1-20(17-21-7-3-2-4-8-21)24-25(35-19-30-24)27(34)29-11-6-12-31-13-15-32(16-14-31)23-10-5-9-22(18-23)26(28)33/h2-5,7-10,18-20H,6,11-17H2,1H3,(H2,28,33)(H,29,34). The first-order valence-corrected chi connectivity index (χ1v) is 12.1. The molecular formula is C27H33N5O3. The van der Waals surface area contributed by atoms with Crippen molar-refractivity contribution in [1.82, 2.24) is 15.2 Å². The third kappa shape index (κ3) is 6.48. The molecule has 2 amide bonds. The first kappa shape index (κ1) is 24.5. The van der Waals surface area contributed by atoms with Crippen LogP contribution >= 0.6 is 0 Å². The SMILES string of the molecule is CC(Cc1ccccc1)c1ncoc1C(=O)NCCCN1CCN(c2cccc(C(N)=O)c2)CC1. The number of nitrogens with two attached hydrogens (primary N) is 1. The zero-order chi connectivity index (χ0) is 24.6. The number of piperazine rings is 1. The highest BCUT2D eigenvalue weighted by Gasteiger charge is 2.22. The smallest absolute Gasteiger partial charge is 0.289 e. The van der Waals surface area contributed by atoms with Gasteiger partial charge in [-0.15, -0.1) is 0 Å². The van der Waals surface area contributed by atoms with Crippen molar-refractivity contribution in [2.45, 2.75) is 25.7 Å². The molecule has 0 saturated carbocycles. The van der Waals surface area contributed by atoms with Gasteiger partial charge < -0.3 is 20.4 Å². The molecule has 4 rings (SSSR count). The minimum Gasteiger partial charge on any atom is -0.438 e. The molecule has 1 unspecified atom stereocenters. The van der Waals surface area contributed by atoms with Crippen molar-refractivity contribution in [3.63, 3.8) is 0 Å². The van der Waals surface area contributed by atoms with Crippen molar-refractivity contribution in [1.29, 1.82) is 0 Å². The number of hydrogen-bond acceptors (Lipinski definition) is 6. The van der Waals surface area contributed by atoms with Gasteiger partial charge in [-0.05, 0) is 43.1 Å². The van der Waals surface area contributed by atoms with E-state index in [2.05, 4.69) is 39.2 Å². The van der Waals surface area contributed by atoms with Crippen LogP contribution in [0, 0.1) is 0 Å². The highest BCUT2D eigenvalue weighted by atomic mass is 16.3. The molecule has 35 heavy (non-hydrogen) atoms. The number of nitrogens with zero attached hydrogens (tertiary/aromatic N) is 3. The Hall–Kier alpha value is -3.65. The molecule has 0 radical (unpaired) electrons. The highest BCUT2D eigenvalue weighted by molar-refractivity contribution is 5.93. The van der Waals surface area contributed by atoms with Crippen LogP contribution in [0.3, 0.4) is 0 Å². The van der Waals surface area contributed by atoms with Gasteiger partial charge in [0.2, 0.25) is 11.7 Å². The molecule has 1 atom stereocenters. The van der Waals surface area contributed by atoms with E-state index in [1.807, 2.05) is 36.4 Å². The molecule has 2 heterocycles. The molecule has 2 aromatic carbocycles. The molecule has 3 N–H and O–H groups in total. The van der Waals surface area contributed by atoms with E-state index >= 15 is 0 Å². The lowest BCUT2D eigenvalue weighted by Gasteiger charge is -2.36. The lowest BCUT2D eigenvalue weighted by molar-refractivity contribution is 0.0921. The fourth-order valence-corrected chi connectivity index (χ4v) is 4.51. The molecule has 1 aliphatic rings. The zero-order valence-corrected chi connectivity index (χ0v) is 20.2. The molecule has 0 bridgehead atoms. The Balaban J connectivity index is 1.19. The molecule has 184 valence electrons. The second-order valence-electron chi connectivity index (χ2n) is 9.01. The van der Waals surface area contributed by atoms with Gasteiger partial charge in [-0.1, -0.05) is 43.3 Å². The number of carbonyl (C=O) groups is 2. The number of anilines is 1. The van der Waals surface area contributed by atoms with E-state index in [1.54, 1.807) is 6.07 Å². The maximum atomic E-state index is 12.7. The fraction of sp³-hybridized carbons (Fsp3) is 0.370. The third-order valence-electron chi connectivity index (χ3n) is 6.46. The predicted molar refractivity (Wildman–Crippen MR) is 136 cm³/mol. The summed E-state index contributed by atoms with van der Waals surface area (Å²) in [5.74, 6) is -0.232. The van der Waals surface area contributed by atoms with E-state index in [9.17, 15) is 9.59 Å². The Morgan fingerprint density at radius 1 is 1.09 bits per heavy atom. The predicted octanol–water partition coefficient (Wildman–Crippen LogP) is 3.06. The van der Waals surface area contributed by atoms with Gasteiger partial charge >= 0.3 is 0 Å². The van der Waals surface area contributed by atoms with E-state index < -0.39 is 5.91 Å². The molecule has 0 aliphatic carbocycles. The molecule has 1 saturated heterocycles. The fourth-order valence-electron chi connectivity index (χ4n) is 4.51. The van der Waals surface area contributed by atoms with Gasteiger partial charge in [-0.25, -0.2) is 4.98 Å². The average Bonchev–Trinajstić information content (AvgIpc) is 3.38. The first-order chi connectivity index (χ1) is 17.0. The van der Waals surface area contributed by atoms with E-state index in [-0.39, 0.29) is 11.8 Å². The number of carbonyl (C=O) groups excluding carboxylic acids is 2. The number of amides is 2. The van der Waals surface area contributed by atoms with Crippen LogP contribution < -0.4 is 16.0 Å². The summed E-state index contributed by atoms with van der Waals surface area (Å²) in [5.41, 5.74) is 8.86. The van der Waals surface area contributed by atoms with Crippen molar-refractivity contribution >= 4 is 17.5 Å². The molecular weight excluding hydrogens is 442 g/mol. The number of primary amides is 1. The van der Waals surface area contributed by atoms with E-state index in [0.29, 0.717) is 23.6 Å². The summed E-state index contributed by atoms with van der Waals surface area (Å²) in [5, 5.41) is 2.98. The lowest BCUT2D eigenvalue weighted by Crippen LogP contribution is -2.47. The van der Waals surface area contributed by atoms with Crippen LogP contribution in [0.1, 0.15) is 51.4 Å². The van der Waals surface area contributed by atoms with Gasteiger partial charge in [-0.3, -0.25) is 14.5 Å². The Morgan fingerprint density at radius 2 is 1.86 bits per heavy atom. The van der Waals surface area contributed by atoms with Gasteiger partial charge in [0.1, 0.15) is 0 Å².